The number of benzene rings is 1. The Balaban J connectivity index is 1.24. The molecule has 1 fully saturated rings. The van der Waals surface area contributed by atoms with E-state index in [1.807, 2.05) is 36.9 Å². The number of piperidine rings is 1. The van der Waals surface area contributed by atoms with Gasteiger partial charge in [0.25, 0.3) is 0 Å². The number of nitrogens with zero attached hydrogens (tertiary/aromatic N) is 5. The fourth-order valence-corrected chi connectivity index (χ4v) is 6.42. The molecule has 5 nitrogen and oxygen atoms in total. The number of pyridine rings is 1. The Bertz CT molecular complexity index is 1290. The van der Waals surface area contributed by atoms with Crippen molar-refractivity contribution >= 4 is 46.6 Å². The second-order valence-electron chi connectivity index (χ2n) is 8.65. The Morgan fingerprint density at radius 1 is 0.906 bits per heavy atom. The topological polar surface area (TPSA) is 46.3 Å². The number of halogens is 2. The average molecular weight is 482 g/mol. The molecular formula is C24H21Cl2N5S. The number of hydrogen-bond acceptors (Lipinski definition) is 5. The molecule has 32 heavy (non-hydrogen) atoms. The summed E-state index contributed by atoms with van der Waals surface area (Å²) in [6.45, 7) is 1.97. The van der Waals surface area contributed by atoms with Crippen molar-refractivity contribution in [2.45, 2.75) is 35.5 Å². The summed E-state index contributed by atoms with van der Waals surface area (Å²) in [5.41, 5.74) is 3.95. The molecule has 0 atom stereocenters. The van der Waals surface area contributed by atoms with Gasteiger partial charge < -0.3 is 4.90 Å². The van der Waals surface area contributed by atoms with Gasteiger partial charge in [0, 0.05) is 48.5 Å². The standard InChI is InChI=1S/C24H21Cl2N5S/c25-17-4-1-5-19(21(17)26)32-20-15-29-23(31-12-9-28-22(20)31)30-10-6-24(7-11-30)13-16-3-2-8-27-18(16)14-24/h1-5,8-9,12,15H,6-7,10-11,13-14H2. The summed E-state index contributed by atoms with van der Waals surface area (Å²) in [5, 5.41) is 1.11. The van der Waals surface area contributed by atoms with Crippen LogP contribution in [0.3, 0.4) is 0 Å². The fourth-order valence-electron chi connectivity index (χ4n) is 5.02. The smallest absolute Gasteiger partial charge is 0.211 e. The van der Waals surface area contributed by atoms with Gasteiger partial charge in [-0.25, -0.2) is 9.97 Å². The molecule has 1 spiro atoms. The van der Waals surface area contributed by atoms with Gasteiger partial charge >= 0.3 is 0 Å². The van der Waals surface area contributed by atoms with Crippen LogP contribution in [0.4, 0.5) is 5.95 Å². The van der Waals surface area contributed by atoms with E-state index in [0.29, 0.717) is 15.5 Å². The maximum absolute atomic E-state index is 6.40. The van der Waals surface area contributed by atoms with Crippen LogP contribution in [0.25, 0.3) is 5.65 Å². The zero-order chi connectivity index (χ0) is 21.7. The van der Waals surface area contributed by atoms with Crippen LogP contribution in [-0.4, -0.2) is 32.4 Å². The second kappa shape index (κ2) is 7.94. The van der Waals surface area contributed by atoms with Crippen LogP contribution in [0.1, 0.15) is 24.1 Å². The minimum Gasteiger partial charge on any atom is -0.342 e. The van der Waals surface area contributed by atoms with Gasteiger partial charge in [0.15, 0.2) is 5.65 Å². The van der Waals surface area contributed by atoms with E-state index in [0.717, 1.165) is 60.2 Å². The molecule has 1 aliphatic carbocycles. The number of aromatic nitrogens is 4. The van der Waals surface area contributed by atoms with E-state index in [1.165, 1.54) is 23.0 Å². The van der Waals surface area contributed by atoms with Gasteiger partial charge in [-0.3, -0.25) is 9.38 Å². The monoisotopic (exact) mass is 481 g/mol. The number of rotatable bonds is 3. The lowest BCUT2D eigenvalue weighted by atomic mass is 9.76. The maximum Gasteiger partial charge on any atom is 0.211 e. The van der Waals surface area contributed by atoms with Gasteiger partial charge in [-0.2, -0.15) is 0 Å². The van der Waals surface area contributed by atoms with Gasteiger partial charge in [0.1, 0.15) is 0 Å². The highest BCUT2D eigenvalue weighted by Gasteiger charge is 2.41. The first-order chi connectivity index (χ1) is 15.6. The number of imidazole rings is 1. The summed E-state index contributed by atoms with van der Waals surface area (Å²) in [7, 11) is 0. The third-order valence-electron chi connectivity index (χ3n) is 6.71. The second-order valence-corrected chi connectivity index (χ2v) is 10.5. The summed E-state index contributed by atoms with van der Waals surface area (Å²) in [6, 6.07) is 9.96. The average Bonchev–Trinajstić information content (AvgIpc) is 3.43. The predicted octanol–water partition coefficient (Wildman–Crippen LogP) is 5.97. The summed E-state index contributed by atoms with van der Waals surface area (Å²) in [5.74, 6) is 0.947. The molecule has 6 rings (SSSR count). The molecule has 1 aromatic carbocycles. The minimum atomic E-state index is 0.348. The van der Waals surface area contributed by atoms with Crippen LogP contribution in [0.2, 0.25) is 10.0 Å². The molecule has 3 aromatic heterocycles. The fraction of sp³-hybridized carbons (Fsp3) is 0.292. The zero-order valence-electron chi connectivity index (χ0n) is 17.3. The highest BCUT2D eigenvalue weighted by Crippen LogP contribution is 2.45. The van der Waals surface area contributed by atoms with Crippen LogP contribution in [0, 0.1) is 5.41 Å². The van der Waals surface area contributed by atoms with Crippen molar-refractivity contribution in [1.29, 1.82) is 0 Å². The molecule has 4 heterocycles. The van der Waals surface area contributed by atoms with Gasteiger partial charge in [0.05, 0.1) is 14.9 Å². The Morgan fingerprint density at radius 3 is 2.62 bits per heavy atom. The Hall–Kier alpha value is -2.28. The Labute approximate surface area is 200 Å². The van der Waals surface area contributed by atoms with Gasteiger partial charge in [0.2, 0.25) is 5.95 Å². The molecule has 1 saturated heterocycles. The maximum atomic E-state index is 6.40. The van der Waals surface area contributed by atoms with E-state index >= 15 is 0 Å². The zero-order valence-corrected chi connectivity index (χ0v) is 19.7. The molecule has 2 aliphatic rings. The van der Waals surface area contributed by atoms with E-state index in [4.69, 9.17) is 28.2 Å². The molecule has 162 valence electrons. The quantitative estimate of drug-likeness (QED) is 0.360. The molecule has 0 unspecified atom stereocenters. The Kier molecular flexibility index (Phi) is 5.05. The normalized spacial score (nSPS) is 17.2. The van der Waals surface area contributed by atoms with Crippen molar-refractivity contribution < 1.29 is 0 Å². The molecule has 0 radical (unpaired) electrons. The highest BCUT2D eigenvalue weighted by atomic mass is 35.5. The van der Waals surface area contributed by atoms with Crippen molar-refractivity contribution in [2.75, 3.05) is 18.0 Å². The predicted molar refractivity (Wildman–Crippen MR) is 129 cm³/mol. The van der Waals surface area contributed by atoms with Crippen LogP contribution in [0.5, 0.6) is 0 Å². The lowest BCUT2D eigenvalue weighted by molar-refractivity contribution is 0.230. The van der Waals surface area contributed by atoms with Crippen LogP contribution in [-0.2, 0) is 12.8 Å². The van der Waals surface area contributed by atoms with E-state index in [9.17, 15) is 0 Å². The third kappa shape index (κ3) is 3.45. The van der Waals surface area contributed by atoms with Gasteiger partial charge in [-0.05, 0) is 54.9 Å². The number of fused-ring (bicyclic) bond motifs is 2. The van der Waals surface area contributed by atoms with Gasteiger partial charge in [-0.15, -0.1) is 0 Å². The number of anilines is 1. The van der Waals surface area contributed by atoms with Crippen LogP contribution in [0.15, 0.2) is 64.9 Å². The van der Waals surface area contributed by atoms with Crippen molar-refractivity contribution in [3.05, 3.63) is 76.4 Å². The van der Waals surface area contributed by atoms with E-state index in [-0.39, 0.29) is 0 Å². The largest absolute Gasteiger partial charge is 0.342 e. The first kappa shape index (κ1) is 20.3. The molecule has 1 aliphatic heterocycles. The number of hydrogen-bond donors (Lipinski definition) is 0. The molecule has 0 N–H and O–H groups in total. The molecular weight excluding hydrogens is 461 g/mol. The van der Waals surface area contributed by atoms with Crippen molar-refractivity contribution in [1.82, 2.24) is 19.4 Å². The summed E-state index contributed by atoms with van der Waals surface area (Å²) < 4.78 is 2.09. The van der Waals surface area contributed by atoms with Crippen LogP contribution < -0.4 is 4.90 Å². The summed E-state index contributed by atoms with van der Waals surface area (Å²) >= 11 is 14.1. The summed E-state index contributed by atoms with van der Waals surface area (Å²) in [6.07, 6.45) is 12.2. The Morgan fingerprint density at radius 2 is 1.78 bits per heavy atom. The lowest BCUT2D eigenvalue weighted by Crippen LogP contribution is -2.41. The summed E-state index contributed by atoms with van der Waals surface area (Å²) in [4.78, 5) is 18.3. The molecule has 4 aromatic rings. The SMILES string of the molecule is Clc1cccc(Sc2cnc(N3CCC4(CC3)Cc3cccnc3C4)n3ccnc23)c1Cl. The lowest BCUT2D eigenvalue weighted by Gasteiger charge is -2.39. The first-order valence-electron chi connectivity index (χ1n) is 10.7. The van der Waals surface area contributed by atoms with Crippen molar-refractivity contribution in [3.63, 3.8) is 0 Å². The molecule has 8 heteroatoms. The first-order valence-corrected chi connectivity index (χ1v) is 12.3. The van der Waals surface area contributed by atoms with Crippen molar-refractivity contribution in [2.24, 2.45) is 5.41 Å². The third-order valence-corrected chi connectivity index (χ3v) is 8.71. The molecule has 0 amide bonds. The van der Waals surface area contributed by atoms with Crippen LogP contribution >= 0.6 is 35.0 Å². The highest BCUT2D eigenvalue weighted by molar-refractivity contribution is 7.99. The van der Waals surface area contributed by atoms with E-state index < -0.39 is 0 Å². The van der Waals surface area contributed by atoms with Crippen molar-refractivity contribution in [3.8, 4) is 0 Å². The molecule has 0 bridgehead atoms. The molecule has 0 saturated carbocycles. The van der Waals surface area contributed by atoms with E-state index in [2.05, 4.69) is 31.4 Å². The van der Waals surface area contributed by atoms with Gasteiger partial charge in [-0.1, -0.05) is 47.1 Å². The minimum absolute atomic E-state index is 0.348. The van der Waals surface area contributed by atoms with E-state index in [1.54, 1.807) is 6.07 Å².